The second kappa shape index (κ2) is 4.71. The summed E-state index contributed by atoms with van der Waals surface area (Å²) < 4.78 is 0. The van der Waals surface area contributed by atoms with E-state index in [2.05, 4.69) is 24.5 Å². The topological polar surface area (TPSA) is 41.1 Å². The summed E-state index contributed by atoms with van der Waals surface area (Å²) in [5.74, 6) is 2.62. The van der Waals surface area contributed by atoms with Crippen LogP contribution in [-0.4, -0.2) is 25.0 Å². The normalized spacial score (nSPS) is 51.9. The van der Waals surface area contributed by atoms with Crippen LogP contribution in [0.3, 0.4) is 0 Å². The monoisotopic (exact) mass is 290 g/mol. The molecule has 4 aliphatic carbocycles. The predicted octanol–water partition coefficient (Wildman–Crippen LogP) is 2.71. The lowest BCUT2D eigenvalue weighted by atomic mass is 9.44. The number of carbonyl (C=O) groups is 1. The zero-order valence-corrected chi connectivity index (χ0v) is 13.6. The molecule has 5 fully saturated rings. The van der Waals surface area contributed by atoms with Gasteiger partial charge in [-0.05, 0) is 81.2 Å². The number of hydrogen-bond acceptors (Lipinski definition) is 2. The Kier molecular flexibility index (Phi) is 3.15. The van der Waals surface area contributed by atoms with Crippen molar-refractivity contribution in [1.82, 2.24) is 10.6 Å². The minimum atomic E-state index is -0.0105. The Labute approximate surface area is 128 Å². The van der Waals surface area contributed by atoms with Crippen LogP contribution in [-0.2, 0) is 4.79 Å². The second-order valence-electron chi connectivity index (χ2n) is 9.10. The fourth-order valence-corrected chi connectivity index (χ4v) is 6.54. The highest BCUT2D eigenvalue weighted by atomic mass is 16.2. The Balaban J connectivity index is 1.51. The molecule has 0 aromatic carbocycles. The van der Waals surface area contributed by atoms with Gasteiger partial charge in [0, 0.05) is 6.04 Å². The molecular formula is C18H30N2O. The van der Waals surface area contributed by atoms with Gasteiger partial charge in [0.15, 0.2) is 0 Å². The molecule has 0 radical (unpaired) electrons. The molecule has 5 aliphatic rings. The first kappa shape index (κ1) is 14.0. The molecule has 0 aromatic rings. The number of carbonyl (C=O) groups excluding carboxylic acids is 1. The second-order valence-corrected chi connectivity index (χ2v) is 9.10. The van der Waals surface area contributed by atoms with E-state index >= 15 is 0 Å². The lowest BCUT2D eigenvalue weighted by Crippen LogP contribution is -2.59. The maximum atomic E-state index is 13.1. The molecule has 4 saturated carbocycles. The van der Waals surface area contributed by atoms with Crippen LogP contribution < -0.4 is 10.6 Å². The predicted molar refractivity (Wildman–Crippen MR) is 83.8 cm³/mol. The summed E-state index contributed by atoms with van der Waals surface area (Å²) in [4.78, 5) is 13.1. The smallest absolute Gasteiger partial charge is 0.226 e. The van der Waals surface area contributed by atoms with Crippen LogP contribution >= 0.6 is 0 Å². The Morgan fingerprint density at radius 3 is 2.52 bits per heavy atom. The molecular weight excluding hydrogens is 260 g/mol. The van der Waals surface area contributed by atoms with Gasteiger partial charge in [0.05, 0.1) is 5.41 Å². The van der Waals surface area contributed by atoms with Crippen LogP contribution in [0.25, 0.3) is 0 Å². The SMILES string of the molecule is CC1CNCCC1NC(=O)C12CC3CC(CC(C)(C3)C1)C2. The third-order valence-corrected chi connectivity index (χ3v) is 6.94. The average Bonchev–Trinajstić information content (AvgIpc) is 2.38. The zero-order valence-electron chi connectivity index (χ0n) is 13.6. The maximum Gasteiger partial charge on any atom is 0.226 e. The third-order valence-electron chi connectivity index (χ3n) is 6.94. The van der Waals surface area contributed by atoms with Crippen molar-refractivity contribution in [2.24, 2.45) is 28.6 Å². The van der Waals surface area contributed by atoms with Gasteiger partial charge < -0.3 is 10.6 Å². The summed E-state index contributed by atoms with van der Waals surface area (Å²) in [5, 5.41) is 6.89. The van der Waals surface area contributed by atoms with Crippen molar-refractivity contribution in [2.75, 3.05) is 13.1 Å². The van der Waals surface area contributed by atoms with Gasteiger partial charge in [-0.3, -0.25) is 4.79 Å². The molecule has 3 heteroatoms. The quantitative estimate of drug-likeness (QED) is 0.821. The molecule has 0 aromatic heterocycles. The fourth-order valence-electron chi connectivity index (χ4n) is 6.54. The summed E-state index contributed by atoms with van der Waals surface area (Å²) in [7, 11) is 0. The molecule has 4 atom stereocenters. The Morgan fingerprint density at radius 1 is 1.19 bits per heavy atom. The van der Waals surface area contributed by atoms with Gasteiger partial charge in [-0.1, -0.05) is 13.8 Å². The average molecular weight is 290 g/mol. The first-order valence-corrected chi connectivity index (χ1v) is 9.00. The van der Waals surface area contributed by atoms with E-state index < -0.39 is 0 Å². The number of piperidine rings is 1. The molecule has 118 valence electrons. The van der Waals surface area contributed by atoms with Crippen molar-refractivity contribution in [1.29, 1.82) is 0 Å². The van der Waals surface area contributed by atoms with E-state index in [1.54, 1.807) is 0 Å². The molecule has 1 saturated heterocycles. The van der Waals surface area contributed by atoms with Crippen LogP contribution in [0.4, 0.5) is 0 Å². The van der Waals surface area contributed by atoms with Crippen LogP contribution in [0.2, 0.25) is 0 Å². The molecule has 5 rings (SSSR count). The Morgan fingerprint density at radius 2 is 1.90 bits per heavy atom. The summed E-state index contributed by atoms with van der Waals surface area (Å²) >= 11 is 0. The van der Waals surface area contributed by atoms with Gasteiger partial charge in [0.25, 0.3) is 0 Å². The highest BCUT2D eigenvalue weighted by Crippen LogP contribution is 2.65. The number of amides is 1. The summed E-state index contributed by atoms with van der Waals surface area (Å²) in [5.41, 5.74) is 0.449. The Hall–Kier alpha value is -0.570. The van der Waals surface area contributed by atoms with Crippen molar-refractivity contribution in [2.45, 2.75) is 64.8 Å². The van der Waals surface area contributed by atoms with Crippen molar-refractivity contribution in [3.8, 4) is 0 Å². The van der Waals surface area contributed by atoms with E-state index in [0.29, 0.717) is 23.3 Å². The summed E-state index contributed by atoms with van der Waals surface area (Å²) in [6.45, 7) is 6.80. The Bertz CT molecular complexity index is 432. The van der Waals surface area contributed by atoms with Gasteiger partial charge in [-0.15, -0.1) is 0 Å². The maximum absolute atomic E-state index is 13.1. The van der Waals surface area contributed by atoms with E-state index in [4.69, 9.17) is 0 Å². The van der Waals surface area contributed by atoms with Crippen molar-refractivity contribution < 1.29 is 4.79 Å². The van der Waals surface area contributed by atoms with Crippen molar-refractivity contribution in [3.63, 3.8) is 0 Å². The van der Waals surface area contributed by atoms with Crippen molar-refractivity contribution >= 4 is 5.91 Å². The van der Waals surface area contributed by atoms with Gasteiger partial charge in [0.1, 0.15) is 0 Å². The lowest BCUT2D eigenvalue weighted by Gasteiger charge is -2.60. The first-order valence-electron chi connectivity index (χ1n) is 9.00. The van der Waals surface area contributed by atoms with E-state index in [9.17, 15) is 4.79 Å². The zero-order chi connectivity index (χ0) is 14.7. The molecule has 0 spiro atoms. The van der Waals surface area contributed by atoms with Crippen molar-refractivity contribution in [3.05, 3.63) is 0 Å². The molecule has 1 amide bonds. The summed E-state index contributed by atoms with van der Waals surface area (Å²) in [6.07, 6.45) is 8.73. The molecule has 2 N–H and O–H groups in total. The molecule has 4 bridgehead atoms. The first-order chi connectivity index (χ1) is 9.98. The van der Waals surface area contributed by atoms with Crippen LogP contribution in [0, 0.1) is 28.6 Å². The highest BCUT2D eigenvalue weighted by molar-refractivity contribution is 5.83. The molecule has 1 aliphatic heterocycles. The third kappa shape index (κ3) is 2.32. The van der Waals surface area contributed by atoms with E-state index in [0.717, 1.165) is 37.8 Å². The van der Waals surface area contributed by atoms with E-state index in [1.165, 1.54) is 32.1 Å². The van der Waals surface area contributed by atoms with Gasteiger partial charge >= 0.3 is 0 Å². The van der Waals surface area contributed by atoms with Crippen LogP contribution in [0.1, 0.15) is 58.8 Å². The molecule has 1 heterocycles. The van der Waals surface area contributed by atoms with E-state index in [-0.39, 0.29) is 5.41 Å². The molecule has 21 heavy (non-hydrogen) atoms. The number of rotatable bonds is 2. The van der Waals surface area contributed by atoms with Crippen LogP contribution in [0.15, 0.2) is 0 Å². The highest BCUT2D eigenvalue weighted by Gasteiger charge is 2.58. The number of nitrogens with one attached hydrogen (secondary N) is 2. The minimum absolute atomic E-state index is 0.0105. The molecule has 3 nitrogen and oxygen atoms in total. The largest absolute Gasteiger partial charge is 0.353 e. The lowest BCUT2D eigenvalue weighted by molar-refractivity contribution is -0.156. The van der Waals surface area contributed by atoms with Crippen LogP contribution in [0.5, 0.6) is 0 Å². The summed E-state index contributed by atoms with van der Waals surface area (Å²) in [6, 6.07) is 0.388. The standard InChI is InChI=1S/C18H30N2O/c1-12-10-19-4-3-15(12)20-16(21)18-8-13-5-14(9-18)7-17(2,6-13)11-18/h12-15,19H,3-11H2,1-2H3,(H,20,21). The van der Waals surface area contributed by atoms with Gasteiger partial charge in [0.2, 0.25) is 5.91 Å². The minimum Gasteiger partial charge on any atom is -0.353 e. The van der Waals surface area contributed by atoms with Gasteiger partial charge in [-0.2, -0.15) is 0 Å². The number of hydrogen-bond donors (Lipinski definition) is 2. The molecule has 4 unspecified atom stereocenters. The van der Waals surface area contributed by atoms with E-state index in [1.807, 2.05) is 0 Å². The van der Waals surface area contributed by atoms with Gasteiger partial charge in [-0.25, -0.2) is 0 Å². The fraction of sp³-hybridized carbons (Fsp3) is 0.944.